The van der Waals surface area contributed by atoms with Crippen molar-refractivity contribution >= 4 is 5.91 Å². The van der Waals surface area contributed by atoms with Gasteiger partial charge in [-0.15, -0.1) is 0 Å². The van der Waals surface area contributed by atoms with Gasteiger partial charge in [-0.1, -0.05) is 0 Å². The van der Waals surface area contributed by atoms with Gasteiger partial charge in [-0.25, -0.2) is 0 Å². The molecule has 0 aliphatic carbocycles. The highest BCUT2D eigenvalue weighted by Crippen LogP contribution is 2.09. The van der Waals surface area contributed by atoms with E-state index in [4.69, 9.17) is 10.5 Å². The summed E-state index contributed by atoms with van der Waals surface area (Å²) < 4.78 is 5.48. The van der Waals surface area contributed by atoms with Gasteiger partial charge >= 0.3 is 0 Å². The van der Waals surface area contributed by atoms with Crippen molar-refractivity contribution in [2.24, 2.45) is 5.73 Å². The lowest BCUT2D eigenvalue weighted by molar-refractivity contribution is -0.141. The summed E-state index contributed by atoms with van der Waals surface area (Å²) in [4.78, 5) is 13.0. The van der Waals surface area contributed by atoms with Crippen LogP contribution in [0.4, 0.5) is 0 Å². The van der Waals surface area contributed by atoms with Crippen molar-refractivity contribution in [3.05, 3.63) is 0 Å². The Morgan fingerprint density at radius 3 is 2.42 bits per heavy atom. The number of carbonyl (C=O) groups excluding carboxylic acids is 1. The summed E-state index contributed by atoms with van der Waals surface area (Å²) in [5, 5.41) is 0. The minimum absolute atomic E-state index is 0.0111. The highest BCUT2D eigenvalue weighted by Gasteiger charge is 2.24. The van der Waals surface area contributed by atoms with Crippen molar-refractivity contribution in [1.82, 2.24) is 4.90 Å². The highest BCUT2D eigenvalue weighted by molar-refractivity contribution is 5.78. The molecule has 0 aromatic rings. The van der Waals surface area contributed by atoms with E-state index in [2.05, 4.69) is 0 Å². The third-order valence-electron chi connectivity index (χ3n) is 1.95. The smallest absolute Gasteiger partial charge is 0.236 e. The Morgan fingerprint density at radius 1 is 1.50 bits per heavy atom. The lowest BCUT2D eigenvalue weighted by Gasteiger charge is -2.35. The number of rotatable bonds is 1. The fraction of sp³-hybridized carbons (Fsp3) is 0.875. The molecule has 1 aliphatic rings. The number of carbonyl (C=O) groups is 1. The van der Waals surface area contributed by atoms with Crippen LogP contribution in [-0.4, -0.2) is 42.6 Å². The number of ether oxygens (including phenoxy) is 1. The number of nitrogens with two attached hydrogens (primary N) is 1. The number of hydrogen-bond donors (Lipinski definition) is 1. The van der Waals surface area contributed by atoms with E-state index >= 15 is 0 Å². The molecule has 0 aromatic heterocycles. The normalized spacial score (nSPS) is 30.4. The van der Waals surface area contributed by atoms with E-state index in [1.54, 1.807) is 4.90 Å². The zero-order chi connectivity index (χ0) is 9.14. The topological polar surface area (TPSA) is 55.6 Å². The predicted molar refractivity (Wildman–Crippen MR) is 45.6 cm³/mol. The highest BCUT2D eigenvalue weighted by atomic mass is 16.5. The first-order valence-corrected chi connectivity index (χ1v) is 4.26. The van der Waals surface area contributed by atoms with Crippen LogP contribution < -0.4 is 5.73 Å². The van der Waals surface area contributed by atoms with Gasteiger partial charge in [0.15, 0.2) is 0 Å². The van der Waals surface area contributed by atoms with Crippen LogP contribution in [0, 0.1) is 0 Å². The molecule has 0 spiro atoms. The molecule has 1 amide bonds. The monoisotopic (exact) mass is 172 g/mol. The molecule has 1 saturated heterocycles. The largest absolute Gasteiger partial charge is 0.372 e. The molecule has 1 rings (SSSR count). The molecule has 2 atom stereocenters. The van der Waals surface area contributed by atoms with Gasteiger partial charge < -0.3 is 15.4 Å². The van der Waals surface area contributed by atoms with E-state index in [0.29, 0.717) is 13.1 Å². The summed E-state index contributed by atoms with van der Waals surface area (Å²) in [6.45, 7) is 5.36. The zero-order valence-electron chi connectivity index (χ0n) is 7.62. The van der Waals surface area contributed by atoms with Crippen LogP contribution >= 0.6 is 0 Å². The van der Waals surface area contributed by atoms with Crippen LogP contribution in [0.15, 0.2) is 0 Å². The number of nitrogens with zero attached hydrogens (tertiary/aromatic N) is 1. The maximum Gasteiger partial charge on any atom is 0.236 e. The van der Waals surface area contributed by atoms with Crippen molar-refractivity contribution in [3.63, 3.8) is 0 Å². The summed E-state index contributed by atoms with van der Waals surface area (Å²) in [6, 6.07) is 0. The first-order valence-electron chi connectivity index (χ1n) is 4.26. The second-order valence-electron chi connectivity index (χ2n) is 3.26. The van der Waals surface area contributed by atoms with Gasteiger partial charge in [0.2, 0.25) is 5.91 Å². The third kappa shape index (κ3) is 2.19. The molecule has 0 radical (unpaired) electrons. The molecule has 12 heavy (non-hydrogen) atoms. The summed E-state index contributed by atoms with van der Waals surface area (Å²) in [5.74, 6) is 0.0111. The molecule has 1 fully saturated rings. The Kier molecular flexibility index (Phi) is 3.05. The predicted octanol–water partition coefficient (Wildman–Crippen LogP) is -0.419. The third-order valence-corrected chi connectivity index (χ3v) is 1.95. The fourth-order valence-electron chi connectivity index (χ4n) is 1.51. The maximum atomic E-state index is 11.2. The Labute approximate surface area is 72.7 Å². The van der Waals surface area contributed by atoms with Gasteiger partial charge in [-0.05, 0) is 13.8 Å². The quantitative estimate of drug-likeness (QED) is 0.584. The van der Waals surface area contributed by atoms with E-state index in [-0.39, 0.29) is 24.7 Å². The average Bonchev–Trinajstić information content (AvgIpc) is 2.01. The minimum Gasteiger partial charge on any atom is -0.372 e. The first kappa shape index (κ1) is 9.48. The zero-order valence-corrected chi connectivity index (χ0v) is 7.62. The summed E-state index contributed by atoms with van der Waals surface area (Å²) in [6.07, 6.45) is 0.258. The van der Waals surface area contributed by atoms with Gasteiger partial charge in [0, 0.05) is 13.1 Å². The molecule has 0 aromatic carbocycles. The van der Waals surface area contributed by atoms with Gasteiger partial charge in [0.05, 0.1) is 18.8 Å². The molecular formula is C8H16N2O2. The van der Waals surface area contributed by atoms with E-state index < -0.39 is 0 Å². The van der Waals surface area contributed by atoms with Crippen LogP contribution in [-0.2, 0) is 9.53 Å². The first-order chi connectivity index (χ1) is 5.63. The van der Waals surface area contributed by atoms with Crippen molar-refractivity contribution in [1.29, 1.82) is 0 Å². The molecule has 4 nitrogen and oxygen atoms in total. The van der Waals surface area contributed by atoms with Gasteiger partial charge in [-0.2, -0.15) is 0 Å². The van der Waals surface area contributed by atoms with Crippen molar-refractivity contribution < 1.29 is 9.53 Å². The average molecular weight is 172 g/mol. The van der Waals surface area contributed by atoms with Crippen molar-refractivity contribution in [2.75, 3.05) is 19.6 Å². The molecule has 1 aliphatic heterocycles. The molecule has 2 N–H and O–H groups in total. The van der Waals surface area contributed by atoms with Crippen LogP contribution in [0.25, 0.3) is 0 Å². The Morgan fingerprint density at radius 2 is 2.00 bits per heavy atom. The van der Waals surface area contributed by atoms with Crippen LogP contribution in [0.3, 0.4) is 0 Å². The number of amides is 1. The summed E-state index contributed by atoms with van der Waals surface area (Å²) in [7, 11) is 0. The van der Waals surface area contributed by atoms with Crippen LogP contribution in [0.5, 0.6) is 0 Å². The number of hydrogen-bond acceptors (Lipinski definition) is 3. The van der Waals surface area contributed by atoms with Crippen LogP contribution in [0.2, 0.25) is 0 Å². The van der Waals surface area contributed by atoms with Gasteiger partial charge in [0.25, 0.3) is 0 Å². The molecule has 0 unspecified atom stereocenters. The Bertz CT molecular complexity index is 162. The molecule has 1 heterocycles. The summed E-state index contributed by atoms with van der Waals surface area (Å²) >= 11 is 0. The molecule has 4 heteroatoms. The minimum atomic E-state index is 0.0111. The maximum absolute atomic E-state index is 11.2. The fourth-order valence-corrected chi connectivity index (χ4v) is 1.51. The second-order valence-corrected chi connectivity index (χ2v) is 3.26. The van der Waals surface area contributed by atoms with Crippen molar-refractivity contribution in [3.8, 4) is 0 Å². The lowest BCUT2D eigenvalue weighted by atomic mass is 10.2. The number of morpholine rings is 1. The second kappa shape index (κ2) is 3.87. The van der Waals surface area contributed by atoms with E-state index in [9.17, 15) is 4.79 Å². The lowest BCUT2D eigenvalue weighted by Crippen LogP contribution is -2.49. The standard InChI is InChI=1S/C8H16N2O2/c1-6-4-10(8(11)3-9)5-7(2)12-6/h6-7H,3-5,9H2,1-2H3/t6-,7-/m0/s1. The molecule has 0 bridgehead atoms. The Hall–Kier alpha value is -0.610. The Balaban J connectivity index is 2.49. The van der Waals surface area contributed by atoms with Gasteiger partial charge in [-0.3, -0.25) is 4.79 Å². The molecule has 70 valence electrons. The van der Waals surface area contributed by atoms with Crippen LogP contribution in [0.1, 0.15) is 13.8 Å². The SMILES string of the molecule is C[C@H]1CN(C(=O)CN)C[C@H](C)O1. The van der Waals surface area contributed by atoms with E-state index in [0.717, 1.165) is 0 Å². The summed E-state index contributed by atoms with van der Waals surface area (Å²) in [5.41, 5.74) is 5.26. The van der Waals surface area contributed by atoms with E-state index in [1.165, 1.54) is 0 Å². The molecule has 0 saturated carbocycles. The van der Waals surface area contributed by atoms with Crippen molar-refractivity contribution in [2.45, 2.75) is 26.1 Å². The van der Waals surface area contributed by atoms with E-state index in [1.807, 2.05) is 13.8 Å². The van der Waals surface area contributed by atoms with Gasteiger partial charge in [0.1, 0.15) is 0 Å². The molecular weight excluding hydrogens is 156 g/mol.